The molecule has 1 aromatic heterocycles. The van der Waals surface area contributed by atoms with Crippen LogP contribution in [0.4, 0.5) is 0 Å². The molecule has 0 spiro atoms. The standard InChI is InChI=1S/C20H24N2O3/c1-15-7-8-18(12-21-15)25-13-16-5-4-6-17(11-16)19(23)22-14-20(24)9-2-3-10-20/h4-8,11-12,24H,2-3,9-10,13-14H2,1H3,(H,22,23). The van der Waals surface area contributed by atoms with Gasteiger partial charge in [0.05, 0.1) is 11.8 Å². The van der Waals surface area contributed by atoms with Gasteiger partial charge in [-0.25, -0.2) is 0 Å². The van der Waals surface area contributed by atoms with Gasteiger partial charge in [0.2, 0.25) is 0 Å². The third kappa shape index (κ3) is 4.79. The van der Waals surface area contributed by atoms with Crippen molar-refractivity contribution in [2.75, 3.05) is 6.54 Å². The van der Waals surface area contributed by atoms with Crippen LogP contribution in [0.15, 0.2) is 42.6 Å². The van der Waals surface area contributed by atoms with E-state index >= 15 is 0 Å². The molecule has 2 N–H and O–H groups in total. The molecule has 1 aliphatic rings. The van der Waals surface area contributed by atoms with Crippen LogP contribution in [-0.2, 0) is 6.61 Å². The monoisotopic (exact) mass is 340 g/mol. The lowest BCUT2D eigenvalue weighted by molar-refractivity contribution is 0.0449. The van der Waals surface area contributed by atoms with Crippen LogP contribution in [0.1, 0.15) is 47.3 Å². The average Bonchev–Trinajstić information content (AvgIpc) is 3.06. The number of carbonyl (C=O) groups excluding carboxylic acids is 1. The first-order chi connectivity index (χ1) is 12.0. The molecule has 5 nitrogen and oxygen atoms in total. The number of aromatic nitrogens is 1. The number of rotatable bonds is 6. The number of hydrogen-bond acceptors (Lipinski definition) is 4. The zero-order chi connectivity index (χ0) is 17.7. The van der Waals surface area contributed by atoms with E-state index < -0.39 is 5.60 Å². The van der Waals surface area contributed by atoms with Crippen molar-refractivity contribution in [3.8, 4) is 5.75 Å². The fraction of sp³-hybridized carbons (Fsp3) is 0.400. The second kappa shape index (κ2) is 7.66. The highest BCUT2D eigenvalue weighted by Gasteiger charge is 2.31. The highest BCUT2D eigenvalue weighted by Crippen LogP contribution is 2.28. The quantitative estimate of drug-likeness (QED) is 0.848. The third-order valence-electron chi connectivity index (χ3n) is 4.59. The highest BCUT2D eigenvalue weighted by atomic mass is 16.5. The topological polar surface area (TPSA) is 71.5 Å². The minimum atomic E-state index is -0.741. The maximum Gasteiger partial charge on any atom is 0.251 e. The second-order valence-corrected chi connectivity index (χ2v) is 6.74. The van der Waals surface area contributed by atoms with Crippen LogP contribution in [0.3, 0.4) is 0 Å². The van der Waals surface area contributed by atoms with Crippen molar-refractivity contribution in [3.63, 3.8) is 0 Å². The first-order valence-electron chi connectivity index (χ1n) is 8.69. The van der Waals surface area contributed by atoms with Crippen molar-refractivity contribution >= 4 is 5.91 Å². The number of nitrogens with zero attached hydrogens (tertiary/aromatic N) is 1. The first-order valence-corrected chi connectivity index (χ1v) is 8.69. The Labute approximate surface area is 148 Å². The fourth-order valence-corrected chi connectivity index (χ4v) is 3.07. The Morgan fingerprint density at radius 1 is 1.28 bits per heavy atom. The lowest BCUT2D eigenvalue weighted by Gasteiger charge is -2.22. The third-order valence-corrected chi connectivity index (χ3v) is 4.59. The molecule has 0 bridgehead atoms. The number of nitrogens with one attached hydrogen (secondary N) is 1. The normalized spacial score (nSPS) is 15.8. The van der Waals surface area contributed by atoms with E-state index in [1.807, 2.05) is 37.3 Å². The number of pyridine rings is 1. The van der Waals surface area contributed by atoms with Gasteiger partial charge in [0, 0.05) is 17.8 Å². The summed E-state index contributed by atoms with van der Waals surface area (Å²) < 4.78 is 5.70. The second-order valence-electron chi connectivity index (χ2n) is 6.74. The van der Waals surface area contributed by atoms with E-state index in [-0.39, 0.29) is 5.91 Å². The van der Waals surface area contributed by atoms with Crippen molar-refractivity contribution < 1.29 is 14.6 Å². The highest BCUT2D eigenvalue weighted by molar-refractivity contribution is 5.94. The van der Waals surface area contributed by atoms with Crippen molar-refractivity contribution in [1.29, 1.82) is 0 Å². The van der Waals surface area contributed by atoms with Crippen LogP contribution in [0.2, 0.25) is 0 Å². The van der Waals surface area contributed by atoms with Gasteiger partial charge in [-0.3, -0.25) is 9.78 Å². The Balaban J connectivity index is 1.56. The molecule has 1 heterocycles. The largest absolute Gasteiger partial charge is 0.487 e. The predicted molar refractivity (Wildman–Crippen MR) is 95.5 cm³/mol. The molecule has 132 valence electrons. The van der Waals surface area contributed by atoms with Crippen LogP contribution in [0, 0.1) is 6.92 Å². The summed E-state index contributed by atoms with van der Waals surface area (Å²) in [5.74, 6) is 0.531. The summed E-state index contributed by atoms with van der Waals surface area (Å²) in [6.45, 7) is 2.60. The van der Waals surface area contributed by atoms with E-state index in [9.17, 15) is 9.90 Å². The van der Waals surface area contributed by atoms with Crippen molar-refractivity contribution in [3.05, 3.63) is 59.4 Å². The van der Waals surface area contributed by atoms with Crippen molar-refractivity contribution in [2.24, 2.45) is 0 Å². The van der Waals surface area contributed by atoms with Gasteiger partial charge in [0.1, 0.15) is 12.4 Å². The Morgan fingerprint density at radius 3 is 2.80 bits per heavy atom. The van der Waals surface area contributed by atoms with Gasteiger partial charge in [0.25, 0.3) is 5.91 Å². The summed E-state index contributed by atoms with van der Waals surface area (Å²) in [6.07, 6.45) is 5.24. The number of carbonyl (C=O) groups is 1. The molecule has 1 aliphatic carbocycles. The molecule has 0 radical (unpaired) electrons. The minimum absolute atomic E-state index is 0.167. The van der Waals surface area contributed by atoms with E-state index in [2.05, 4.69) is 10.3 Å². The minimum Gasteiger partial charge on any atom is -0.487 e. The fourth-order valence-electron chi connectivity index (χ4n) is 3.07. The van der Waals surface area contributed by atoms with Crippen LogP contribution >= 0.6 is 0 Å². The molecular weight excluding hydrogens is 316 g/mol. The summed E-state index contributed by atoms with van der Waals surface area (Å²) in [5, 5.41) is 13.2. The molecule has 3 rings (SSSR count). The van der Waals surface area contributed by atoms with Gasteiger partial charge in [-0.15, -0.1) is 0 Å². The van der Waals surface area contributed by atoms with Gasteiger partial charge in [-0.2, -0.15) is 0 Å². The maximum atomic E-state index is 12.3. The molecule has 2 aromatic rings. The lowest BCUT2D eigenvalue weighted by atomic mass is 10.0. The molecule has 1 saturated carbocycles. The first kappa shape index (κ1) is 17.4. The zero-order valence-electron chi connectivity index (χ0n) is 14.5. The summed E-state index contributed by atoms with van der Waals surface area (Å²) in [7, 11) is 0. The smallest absolute Gasteiger partial charge is 0.251 e. The molecule has 0 aliphatic heterocycles. The summed E-state index contributed by atoms with van der Waals surface area (Å²) in [5.41, 5.74) is 1.68. The van der Waals surface area contributed by atoms with E-state index in [1.54, 1.807) is 12.3 Å². The van der Waals surface area contributed by atoms with Crippen LogP contribution < -0.4 is 10.1 Å². The van der Waals surface area contributed by atoms with Crippen LogP contribution in [-0.4, -0.2) is 28.1 Å². The van der Waals surface area contributed by atoms with Crippen LogP contribution in [0.25, 0.3) is 0 Å². The number of aryl methyl sites for hydroxylation is 1. The van der Waals surface area contributed by atoms with Crippen LogP contribution in [0.5, 0.6) is 5.75 Å². The van der Waals surface area contributed by atoms with Gasteiger partial charge in [0.15, 0.2) is 0 Å². The molecule has 0 saturated heterocycles. The summed E-state index contributed by atoms with van der Waals surface area (Å²) >= 11 is 0. The number of ether oxygens (including phenoxy) is 1. The predicted octanol–water partition coefficient (Wildman–Crippen LogP) is 3.00. The average molecular weight is 340 g/mol. The van der Waals surface area contributed by atoms with E-state index in [0.29, 0.717) is 24.5 Å². The van der Waals surface area contributed by atoms with Gasteiger partial charge in [-0.1, -0.05) is 25.0 Å². The molecule has 1 amide bonds. The zero-order valence-corrected chi connectivity index (χ0v) is 14.5. The van der Waals surface area contributed by atoms with Gasteiger partial charge in [-0.05, 0) is 49.6 Å². The van der Waals surface area contributed by atoms with Crippen molar-refractivity contribution in [2.45, 2.75) is 44.8 Å². The van der Waals surface area contributed by atoms with E-state index in [4.69, 9.17) is 4.74 Å². The van der Waals surface area contributed by atoms with Gasteiger partial charge >= 0.3 is 0 Å². The maximum absolute atomic E-state index is 12.3. The molecule has 0 unspecified atom stereocenters. The molecule has 5 heteroatoms. The molecular formula is C20H24N2O3. The number of aliphatic hydroxyl groups is 1. The molecule has 1 fully saturated rings. The Morgan fingerprint density at radius 2 is 2.08 bits per heavy atom. The SMILES string of the molecule is Cc1ccc(OCc2cccc(C(=O)NCC3(O)CCCC3)c2)cn1. The number of amides is 1. The van der Waals surface area contributed by atoms with Crippen molar-refractivity contribution in [1.82, 2.24) is 10.3 Å². The summed E-state index contributed by atoms with van der Waals surface area (Å²) in [4.78, 5) is 16.5. The Kier molecular flexibility index (Phi) is 5.34. The number of hydrogen-bond donors (Lipinski definition) is 2. The Bertz CT molecular complexity index is 722. The summed E-state index contributed by atoms with van der Waals surface area (Å²) in [6, 6.07) is 11.1. The number of benzene rings is 1. The van der Waals surface area contributed by atoms with E-state index in [1.165, 1.54) is 0 Å². The molecule has 25 heavy (non-hydrogen) atoms. The van der Waals surface area contributed by atoms with E-state index in [0.717, 1.165) is 36.9 Å². The van der Waals surface area contributed by atoms with Gasteiger partial charge < -0.3 is 15.2 Å². The molecule has 1 aromatic carbocycles. The Hall–Kier alpha value is -2.40. The molecule has 0 atom stereocenters. The lowest BCUT2D eigenvalue weighted by Crippen LogP contribution is -2.40.